The van der Waals surface area contributed by atoms with Gasteiger partial charge in [0, 0.05) is 26.7 Å². The third-order valence-corrected chi connectivity index (χ3v) is 6.75. The number of benzene rings is 1. The first kappa shape index (κ1) is 24.1. The number of imidazole rings is 1. The van der Waals surface area contributed by atoms with Gasteiger partial charge in [-0.1, -0.05) is 5.16 Å². The largest absolute Gasteiger partial charge is 0.392 e. The summed E-state index contributed by atoms with van der Waals surface area (Å²) in [6.07, 6.45) is 2.59. The molecule has 12 heteroatoms. The van der Waals surface area contributed by atoms with Crippen LogP contribution in [0.2, 0.25) is 0 Å². The molecule has 1 atom stereocenters. The van der Waals surface area contributed by atoms with Gasteiger partial charge in [-0.15, -0.1) is 0 Å². The molecule has 0 spiro atoms. The van der Waals surface area contributed by atoms with Gasteiger partial charge in [0.05, 0.1) is 17.1 Å². The van der Waals surface area contributed by atoms with Crippen molar-refractivity contribution in [2.75, 3.05) is 26.7 Å². The second-order valence-electron chi connectivity index (χ2n) is 9.40. The zero-order valence-electron chi connectivity index (χ0n) is 20.2. The summed E-state index contributed by atoms with van der Waals surface area (Å²) in [4.78, 5) is 24.7. The van der Waals surface area contributed by atoms with E-state index in [-0.39, 0.29) is 40.6 Å². The molecule has 0 bridgehead atoms. The van der Waals surface area contributed by atoms with Crippen LogP contribution >= 0.6 is 0 Å². The summed E-state index contributed by atoms with van der Waals surface area (Å²) in [5, 5.41) is 23.8. The third-order valence-electron chi connectivity index (χ3n) is 6.75. The van der Waals surface area contributed by atoms with Crippen LogP contribution in [-0.2, 0) is 16.9 Å². The van der Waals surface area contributed by atoms with Crippen molar-refractivity contribution in [3.63, 3.8) is 0 Å². The Morgan fingerprint density at radius 1 is 1.33 bits per heavy atom. The standard InChI is InChI=1S/C24H26FN7O4/c1-24(2,35-3)23-28-21(29-36-23)18-20-22(34)31(10-9-30-8-4-5-14(33)12-30)19-15(11-26)16(25)6-7-17(19)32(20)13-27-18/h6-7,13-14,33H,4-5,8-10,12H2,1-3H3. The van der Waals surface area contributed by atoms with Crippen molar-refractivity contribution in [2.24, 2.45) is 0 Å². The highest BCUT2D eigenvalue weighted by Crippen LogP contribution is 2.28. The van der Waals surface area contributed by atoms with E-state index in [9.17, 15) is 19.6 Å². The highest BCUT2D eigenvalue weighted by molar-refractivity contribution is 5.87. The van der Waals surface area contributed by atoms with Crippen LogP contribution in [0.25, 0.3) is 28.1 Å². The van der Waals surface area contributed by atoms with Crippen molar-refractivity contribution < 1.29 is 18.8 Å². The van der Waals surface area contributed by atoms with Crippen LogP contribution in [0.5, 0.6) is 0 Å². The van der Waals surface area contributed by atoms with Crippen LogP contribution in [0.3, 0.4) is 0 Å². The fourth-order valence-electron chi connectivity index (χ4n) is 4.60. The van der Waals surface area contributed by atoms with Gasteiger partial charge in [-0.05, 0) is 45.4 Å². The smallest absolute Gasteiger partial charge is 0.277 e. The van der Waals surface area contributed by atoms with Crippen molar-refractivity contribution in [1.82, 2.24) is 29.0 Å². The number of rotatable bonds is 6. The Labute approximate surface area is 205 Å². The van der Waals surface area contributed by atoms with Gasteiger partial charge in [0.1, 0.15) is 40.6 Å². The van der Waals surface area contributed by atoms with E-state index >= 15 is 0 Å². The monoisotopic (exact) mass is 495 g/mol. The Balaban J connectivity index is 1.70. The molecule has 1 aromatic carbocycles. The fourth-order valence-corrected chi connectivity index (χ4v) is 4.60. The molecule has 1 N–H and O–H groups in total. The van der Waals surface area contributed by atoms with Gasteiger partial charge in [0.15, 0.2) is 0 Å². The number of fused-ring (bicyclic) bond motifs is 3. The van der Waals surface area contributed by atoms with E-state index in [1.807, 2.05) is 6.07 Å². The fraction of sp³-hybridized carbons (Fsp3) is 0.458. The number of ether oxygens (including phenoxy) is 1. The van der Waals surface area contributed by atoms with Gasteiger partial charge in [0.25, 0.3) is 11.4 Å². The molecule has 1 aliphatic rings. The number of nitriles is 1. The van der Waals surface area contributed by atoms with E-state index in [2.05, 4.69) is 20.0 Å². The zero-order valence-corrected chi connectivity index (χ0v) is 20.2. The van der Waals surface area contributed by atoms with E-state index in [1.165, 1.54) is 34.5 Å². The molecule has 11 nitrogen and oxygen atoms in total. The molecule has 1 saturated heterocycles. The van der Waals surface area contributed by atoms with Crippen molar-refractivity contribution in [1.29, 1.82) is 5.26 Å². The predicted octanol–water partition coefficient (Wildman–Crippen LogP) is 2.05. The number of hydrogen-bond donors (Lipinski definition) is 1. The molecule has 1 aliphatic heterocycles. The Bertz CT molecular complexity index is 1550. The molecular formula is C24H26FN7O4. The van der Waals surface area contributed by atoms with Gasteiger partial charge >= 0.3 is 0 Å². The Morgan fingerprint density at radius 3 is 2.86 bits per heavy atom. The summed E-state index contributed by atoms with van der Waals surface area (Å²) in [5.74, 6) is -0.377. The number of nitrogens with zero attached hydrogens (tertiary/aromatic N) is 7. The number of β-amino-alcohol motifs (C(OH)–C–C–N with tert-alkyl or cyclic N) is 1. The number of aliphatic hydroxyl groups excluding tert-OH is 1. The van der Waals surface area contributed by atoms with Crippen LogP contribution in [-0.4, -0.2) is 66.9 Å². The Hall–Kier alpha value is -3.66. The van der Waals surface area contributed by atoms with Crippen molar-refractivity contribution in [3.05, 3.63) is 46.1 Å². The molecule has 0 aliphatic carbocycles. The maximum atomic E-state index is 14.6. The van der Waals surface area contributed by atoms with Gasteiger partial charge in [-0.25, -0.2) is 9.37 Å². The quantitative estimate of drug-likeness (QED) is 0.426. The minimum absolute atomic E-state index is 0.113. The highest BCUT2D eigenvalue weighted by Gasteiger charge is 2.29. The average Bonchev–Trinajstić information content (AvgIpc) is 3.52. The number of halogens is 1. The maximum absolute atomic E-state index is 14.6. The molecule has 4 heterocycles. The molecule has 36 heavy (non-hydrogen) atoms. The number of piperidine rings is 1. The number of likely N-dealkylation sites (tertiary alicyclic amines) is 1. The van der Waals surface area contributed by atoms with Crippen molar-refractivity contribution >= 4 is 16.6 Å². The maximum Gasteiger partial charge on any atom is 0.277 e. The first-order chi connectivity index (χ1) is 17.2. The summed E-state index contributed by atoms with van der Waals surface area (Å²) >= 11 is 0. The third kappa shape index (κ3) is 3.95. The van der Waals surface area contributed by atoms with Gasteiger partial charge in [0.2, 0.25) is 5.82 Å². The average molecular weight is 496 g/mol. The van der Waals surface area contributed by atoms with Crippen molar-refractivity contribution in [3.8, 4) is 17.6 Å². The molecule has 0 amide bonds. The molecule has 188 valence electrons. The van der Waals surface area contributed by atoms with Crippen LogP contribution in [0.15, 0.2) is 27.8 Å². The first-order valence-corrected chi connectivity index (χ1v) is 11.7. The van der Waals surface area contributed by atoms with E-state index < -0.39 is 23.1 Å². The van der Waals surface area contributed by atoms with E-state index in [0.717, 1.165) is 19.4 Å². The number of aromatic nitrogens is 5. The lowest BCUT2D eigenvalue weighted by molar-refractivity contribution is -0.00786. The summed E-state index contributed by atoms with van der Waals surface area (Å²) in [6, 6.07) is 4.62. The Kier molecular flexibility index (Phi) is 6.07. The second-order valence-corrected chi connectivity index (χ2v) is 9.40. The van der Waals surface area contributed by atoms with Crippen LogP contribution in [0.4, 0.5) is 4.39 Å². The minimum atomic E-state index is -0.841. The zero-order chi connectivity index (χ0) is 25.6. The lowest BCUT2D eigenvalue weighted by Gasteiger charge is -2.30. The van der Waals surface area contributed by atoms with Crippen LogP contribution in [0.1, 0.15) is 38.1 Å². The lowest BCUT2D eigenvalue weighted by atomic mass is 10.1. The predicted molar refractivity (Wildman–Crippen MR) is 127 cm³/mol. The molecule has 1 unspecified atom stereocenters. The van der Waals surface area contributed by atoms with E-state index in [1.54, 1.807) is 13.8 Å². The summed E-state index contributed by atoms with van der Waals surface area (Å²) in [7, 11) is 1.52. The van der Waals surface area contributed by atoms with Gasteiger partial charge in [-0.2, -0.15) is 10.2 Å². The van der Waals surface area contributed by atoms with E-state index in [0.29, 0.717) is 18.6 Å². The first-order valence-electron chi connectivity index (χ1n) is 11.7. The molecule has 4 aromatic rings. The number of aliphatic hydroxyl groups is 1. The SMILES string of the molecule is COC(C)(C)c1nc(-c2ncn3c2c(=O)n(CCN2CCCC(O)C2)c2c(C#N)c(F)ccc23)no1. The highest BCUT2D eigenvalue weighted by atomic mass is 19.1. The molecule has 0 radical (unpaired) electrons. The van der Waals surface area contributed by atoms with Crippen LogP contribution in [0, 0.1) is 17.1 Å². The Morgan fingerprint density at radius 2 is 2.14 bits per heavy atom. The summed E-state index contributed by atoms with van der Waals surface area (Å²) in [5.41, 5.74) is -0.512. The minimum Gasteiger partial charge on any atom is -0.392 e. The topological polar surface area (TPSA) is 135 Å². The van der Waals surface area contributed by atoms with E-state index in [4.69, 9.17) is 9.26 Å². The number of hydrogen-bond acceptors (Lipinski definition) is 9. The molecular weight excluding hydrogens is 469 g/mol. The normalized spacial score (nSPS) is 17.2. The molecule has 0 saturated carbocycles. The lowest BCUT2D eigenvalue weighted by Crippen LogP contribution is -2.41. The summed E-state index contributed by atoms with van der Waals surface area (Å²) < 4.78 is 28.3. The van der Waals surface area contributed by atoms with Crippen molar-refractivity contribution in [2.45, 2.75) is 44.9 Å². The second kappa shape index (κ2) is 9.09. The summed E-state index contributed by atoms with van der Waals surface area (Å²) in [6.45, 7) is 5.45. The molecule has 3 aromatic heterocycles. The number of methoxy groups -OCH3 is 1. The van der Waals surface area contributed by atoms with Crippen LogP contribution < -0.4 is 5.56 Å². The van der Waals surface area contributed by atoms with Gasteiger partial charge < -0.3 is 18.9 Å². The molecule has 1 fully saturated rings. The molecule has 5 rings (SSSR count). The van der Waals surface area contributed by atoms with Gasteiger partial charge in [-0.3, -0.25) is 14.1 Å².